The first-order valence-corrected chi connectivity index (χ1v) is 7.78. The van der Waals surface area contributed by atoms with E-state index in [1.807, 2.05) is 6.92 Å². The van der Waals surface area contributed by atoms with Gasteiger partial charge in [-0.05, 0) is 32.1 Å². The van der Waals surface area contributed by atoms with Gasteiger partial charge in [0.1, 0.15) is 11.7 Å². The number of carbonyl (C=O) groups excluding carboxylic acids is 1. The molecule has 1 aliphatic heterocycles. The molecule has 1 heterocycles. The summed E-state index contributed by atoms with van der Waals surface area (Å²) < 4.78 is 4.99. The van der Waals surface area contributed by atoms with Crippen molar-refractivity contribution in [2.75, 3.05) is 6.61 Å². The van der Waals surface area contributed by atoms with Crippen LogP contribution in [-0.4, -0.2) is 24.3 Å². The lowest BCUT2D eigenvalue weighted by Crippen LogP contribution is -2.44. The third kappa shape index (κ3) is 4.60. The molecule has 0 bridgehead atoms. The maximum Gasteiger partial charge on any atom is 0.308 e. The summed E-state index contributed by atoms with van der Waals surface area (Å²) in [7, 11) is 0. The Hall–Kier alpha value is -0.870. The number of hydrogen-bond acceptors (Lipinski definition) is 4. The monoisotopic (exact) mass is 284 g/mol. The Bertz CT molecular complexity index is 326. The first kappa shape index (κ1) is 17.2. The molecule has 0 aromatic carbocycles. The molecule has 4 heteroatoms. The summed E-state index contributed by atoms with van der Waals surface area (Å²) in [6.45, 7) is 8.54. The molecule has 0 N–H and O–H groups in total. The van der Waals surface area contributed by atoms with E-state index < -0.39 is 0 Å². The summed E-state index contributed by atoms with van der Waals surface area (Å²) >= 11 is 0. The average Bonchev–Trinajstić information content (AvgIpc) is 2.46. The molecule has 1 aliphatic rings. The standard InChI is InChI=1S/C16H28O4/c1-5-9-10-16(7-3)12-13(6-2)14(19-20-16)11-15(17)18-8-4/h9-10,13-14H,5-8,11-12H2,1-4H3. The number of esters is 1. The summed E-state index contributed by atoms with van der Waals surface area (Å²) in [4.78, 5) is 22.8. The second-order valence-electron chi connectivity index (χ2n) is 5.33. The van der Waals surface area contributed by atoms with E-state index in [4.69, 9.17) is 14.5 Å². The van der Waals surface area contributed by atoms with Crippen molar-refractivity contribution in [1.29, 1.82) is 0 Å². The topological polar surface area (TPSA) is 44.8 Å². The van der Waals surface area contributed by atoms with Crippen molar-refractivity contribution in [3.8, 4) is 0 Å². The van der Waals surface area contributed by atoms with Gasteiger partial charge in [-0.25, -0.2) is 9.78 Å². The van der Waals surface area contributed by atoms with Crippen LogP contribution in [-0.2, 0) is 19.3 Å². The summed E-state index contributed by atoms with van der Waals surface area (Å²) in [6, 6.07) is 0. The molecule has 0 aromatic rings. The zero-order chi connectivity index (χ0) is 15.0. The predicted octanol–water partition coefficient (Wildman–Crippen LogP) is 3.80. The molecule has 0 amide bonds. The Balaban J connectivity index is 2.68. The van der Waals surface area contributed by atoms with Crippen LogP contribution in [0.4, 0.5) is 0 Å². The van der Waals surface area contributed by atoms with Gasteiger partial charge in [0.05, 0.1) is 13.0 Å². The van der Waals surface area contributed by atoms with Gasteiger partial charge in [-0.3, -0.25) is 4.79 Å². The molecule has 3 unspecified atom stereocenters. The summed E-state index contributed by atoms with van der Waals surface area (Å²) in [5.41, 5.74) is -0.345. The Morgan fingerprint density at radius 1 is 1.35 bits per heavy atom. The maximum atomic E-state index is 11.6. The predicted molar refractivity (Wildman–Crippen MR) is 78.1 cm³/mol. The fraction of sp³-hybridized carbons (Fsp3) is 0.812. The van der Waals surface area contributed by atoms with Gasteiger partial charge in [-0.1, -0.05) is 39.3 Å². The SMILES string of the molecule is CCC=CC1(CC)CC(CC)C(CC(=O)OCC)OO1. The first-order chi connectivity index (χ1) is 9.60. The maximum absolute atomic E-state index is 11.6. The second kappa shape index (κ2) is 8.42. The van der Waals surface area contributed by atoms with Crippen LogP contribution >= 0.6 is 0 Å². The normalized spacial score (nSPS) is 30.6. The third-order valence-corrected chi connectivity index (χ3v) is 3.92. The highest BCUT2D eigenvalue weighted by Crippen LogP contribution is 2.37. The van der Waals surface area contributed by atoms with Gasteiger partial charge in [0.2, 0.25) is 0 Å². The van der Waals surface area contributed by atoms with E-state index in [-0.39, 0.29) is 24.1 Å². The van der Waals surface area contributed by atoms with E-state index in [2.05, 4.69) is 32.9 Å². The van der Waals surface area contributed by atoms with Crippen LogP contribution in [0.1, 0.15) is 59.8 Å². The van der Waals surface area contributed by atoms with Crippen LogP contribution in [0.5, 0.6) is 0 Å². The highest BCUT2D eigenvalue weighted by Gasteiger charge is 2.41. The van der Waals surface area contributed by atoms with Crippen molar-refractivity contribution < 1.29 is 19.3 Å². The van der Waals surface area contributed by atoms with Gasteiger partial charge in [0.25, 0.3) is 0 Å². The first-order valence-electron chi connectivity index (χ1n) is 7.78. The average molecular weight is 284 g/mol. The fourth-order valence-corrected chi connectivity index (χ4v) is 2.59. The molecule has 0 aromatic heterocycles. The smallest absolute Gasteiger partial charge is 0.308 e. The molecule has 0 saturated carbocycles. The van der Waals surface area contributed by atoms with Gasteiger partial charge in [-0.15, -0.1) is 0 Å². The summed E-state index contributed by atoms with van der Waals surface area (Å²) in [6.07, 6.45) is 8.00. The molecular weight excluding hydrogens is 256 g/mol. The highest BCUT2D eigenvalue weighted by molar-refractivity contribution is 5.70. The van der Waals surface area contributed by atoms with Crippen LogP contribution < -0.4 is 0 Å². The van der Waals surface area contributed by atoms with Crippen LogP contribution in [0.3, 0.4) is 0 Å². The van der Waals surface area contributed by atoms with Crippen molar-refractivity contribution in [1.82, 2.24) is 0 Å². The third-order valence-electron chi connectivity index (χ3n) is 3.92. The van der Waals surface area contributed by atoms with E-state index in [9.17, 15) is 4.79 Å². The van der Waals surface area contributed by atoms with Gasteiger partial charge in [0, 0.05) is 0 Å². The van der Waals surface area contributed by atoms with E-state index in [1.54, 1.807) is 0 Å². The minimum Gasteiger partial charge on any atom is -0.466 e. The highest BCUT2D eigenvalue weighted by atomic mass is 17.2. The Labute approximate surface area is 122 Å². The van der Waals surface area contributed by atoms with Crippen LogP contribution in [0.2, 0.25) is 0 Å². The van der Waals surface area contributed by atoms with Gasteiger partial charge < -0.3 is 4.74 Å². The van der Waals surface area contributed by atoms with Crippen LogP contribution in [0, 0.1) is 5.92 Å². The molecular formula is C16H28O4. The van der Waals surface area contributed by atoms with Crippen molar-refractivity contribution in [2.24, 2.45) is 5.92 Å². The molecule has 20 heavy (non-hydrogen) atoms. The lowest BCUT2D eigenvalue weighted by Gasteiger charge is -2.41. The minimum atomic E-state index is -0.345. The van der Waals surface area contributed by atoms with Crippen molar-refractivity contribution in [3.05, 3.63) is 12.2 Å². The lowest BCUT2D eigenvalue weighted by molar-refractivity contribution is -0.409. The number of carbonyl (C=O) groups is 1. The zero-order valence-electron chi connectivity index (χ0n) is 13.2. The van der Waals surface area contributed by atoms with E-state index in [0.29, 0.717) is 12.5 Å². The molecule has 0 aliphatic carbocycles. The molecule has 1 rings (SSSR count). The molecule has 0 radical (unpaired) electrons. The second-order valence-corrected chi connectivity index (χ2v) is 5.33. The number of rotatable bonds is 7. The zero-order valence-corrected chi connectivity index (χ0v) is 13.2. The quantitative estimate of drug-likeness (QED) is 0.405. The molecule has 1 fully saturated rings. The Kier molecular flexibility index (Phi) is 7.24. The Morgan fingerprint density at radius 3 is 2.65 bits per heavy atom. The van der Waals surface area contributed by atoms with Crippen molar-refractivity contribution >= 4 is 5.97 Å². The summed E-state index contributed by atoms with van der Waals surface area (Å²) in [5.74, 6) is 0.0993. The van der Waals surface area contributed by atoms with Crippen molar-refractivity contribution in [2.45, 2.75) is 71.5 Å². The molecule has 4 nitrogen and oxygen atoms in total. The minimum absolute atomic E-state index is 0.200. The molecule has 3 atom stereocenters. The lowest BCUT2D eigenvalue weighted by atomic mass is 9.81. The molecule has 1 saturated heterocycles. The van der Waals surface area contributed by atoms with Crippen LogP contribution in [0.25, 0.3) is 0 Å². The van der Waals surface area contributed by atoms with Gasteiger partial charge in [0.15, 0.2) is 0 Å². The van der Waals surface area contributed by atoms with E-state index in [0.717, 1.165) is 25.7 Å². The molecule has 116 valence electrons. The Morgan fingerprint density at radius 2 is 2.10 bits per heavy atom. The number of ether oxygens (including phenoxy) is 1. The van der Waals surface area contributed by atoms with Crippen LogP contribution in [0.15, 0.2) is 12.2 Å². The number of allylic oxidation sites excluding steroid dienone is 1. The fourth-order valence-electron chi connectivity index (χ4n) is 2.59. The van der Waals surface area contributed by atoms with E-state index in [1.165, 1.54) is 0 Å². The number of hydrogen-bond donors (Lipinski definition) is 0. The van der Waals surface area contributed by atoms with Crippen molar-refractivity contribution in [3.63, 3.8) is 0 Å². The largest absolute Gasteiger partial charge is 0.466 e. The van der Waals surface area contributed by atoms with Gasteiger partial charge >= 0.3 is 5.97 Å². The van der Waals surface area contributed by atoms with Gasteiger partial charge in [-0.2, -0.15) is 0 Å². The summed E-state index contributed by atoms with van der Waals surface area (Å²) in [5, 5.41) is 0. The molecule has 0 spiro atoms. The van der Waals surface area contributed by atoms with E-state index >= 15 is 0 Å².